The van der Waals surface area contributed by atoms with Crippen LogP contribution in [0.15, 0.2) is 24.4 Å². The van der Waals surface area contributed by atoms with Crippen molar-refractivity contribution in [1.82, 2.24) is 14.9 Å². The first kappa shape index (κ1) is 19.6. The van der Waals surface area contributed by atoms with Crippen LogP contribution in [0.5, 0.6) is 5.88 Å². The molecule has 146 valence electrons. The number of pyridine rings is 2. The van der Waals surface area contributed by atoms with Crippen molar-refractivity contribution in [2.45, 2.75) is 44.9 Å². The molecule has 3 rings (SSSR count). The Morgan fingerprint density at radius 3 is 2.96 bits per heavy atom. The highest BCUT2D eigenvalue weighted by atomic mass is 35.5. The summed E-state index contributed by atoms with van der Waals surface area (Å²) in [6.07, 6.45) is 1.95. The van der Waals surface area contributed by atoms with E-state index >= 15 is 4.39 Å². The molecular weight excluding hydrogens is 373 g/mol. The first-order valence-corrected chi connectivity index (χ1v) is 9.24. The standard InChI is InChI=1S/C19H23ClFN3O3/c1-18(2,3)27-17(25)24-9-5-7-19(21,11-24)12-26-16-13-6-4-8-22-14(13)10-15(20)23-16/h4,6,8,10H,5,7,9,11-12H2,1-3H3. The zero-order chi connectivity index (χ0) is 19.7. The van der Waals surface area contributed by atoms with Crippen LogP contribution in [0, 0.1) is 0 Å². The SMILES string of the molecule is CC(C)(C)OC(=O)N1CCCC(F)(COc2nc(Cl)cc3ncccc23)C1. The number of ether oxygens (including phenoxy) is 2. The van der Waals surface area contributed by atoms with E-state index in [-0.39, 0.29) is 24.2 Å². The third-order valence-electron chi connectivity index (χ3n) is 4.18. The van der Waals surface area contributed by atoms with Crippen LogP contribution in [-0.4, -0.2) is 51.9 Å². The summed E-state index contributed by atoms with van der Waals surface area (Å²) < 4.78 is 26.4. The highest BCUT2D eigenvalue weighted by Crippen LogP contribution is 2.30. The molecule has 0 bridgehead atoms. The number of nitrogens with zero attached hydrogens (tertiary/aromatic N) is 3. The van der Waals surface area contributed by atoms with Crippen LogP contribution in [0.25, 0.3) is 10.9 Å². The van der Waals surface area contributed by atoms with Crippen LogP contribution in [0.2, 0.25) is 5.15 Å². The number of alkyl halides is 1. The highest BCUT2D eigenvalue weighted by Gasteiger charge is 2.39. The molecule has 1 aliphatic rings. The lowest BCUT2D eigenvalue weighted by Crippen LogP contribution is -2.51. The first-order valence-electron chi connectivity index (χ1n) is 8.86. The fourth-order valence-electron chi connectivity index (χ4n) is 3.01. The van der Waals surface area contributed by atoms with Gasteiger partial charge in [0.2, 0.25) is 5.88 Å². The number of carbonyl (C=O) groups excluding carboxylic acids is 1. The van der Waals surface area contributed by atoms with Gasteiger partial charge in [0.15, 0.2) is 5.67 Å². The third-order valence-corrected chi connectivity index (χ3v) is 4.37. The van der Waals surface area contributed by atoms with E-state index in [2.05, 4.69) is 9.97 Å². The van der Waals surface area contributed by atoms with Gasteiger partial charge in [-0.3, -0.25) is 4.98 Å². The van der Waals surface area contributed by atoms with Crippen molar-refractivity contribution in [1.29, 1.82) is 0 Å². The van der Waals surface area contributed by atoms with E-state index in [1.807, 2.05) is 0 Å². The second-order valence-electron chi connectivity index (χ2n) is 7.77. The maximum Gasteiger partial charge on any atom is 0.410 e. The number of halogens is 2. The molecule has 2 aromatic rings. The van der Waals surface area contributed by atoms with E-state index in [0.29, 0.717) is 30.3 Å². The number of rotatable bonds is 3. The Bertz CT molecular complexity index is 843. The Morgan fingerprint density at radius 2 is 2.22 bits per heavy atom. The number of likely N-dealkylation sites (tertiary alicyclic amines) is 1. The Morgan fingerprint density at radius 1 is 1.44 bits per heavy atom. The van der Waals surface area contributed by atoms with Crippen LogP contribution < -0.4 is 4.74 Å². The van der Waals surface area contributed by atoms with Gasteiger partial charge in [-0.15, -0.1) is 0 Å². The molecule has 0 saturated carbocycles. The average molecular weight is 396 g/mol. The lowest BCUT2D eigenvalue weighted by molar-refractivity contribution is -0.0194. The molecule has 0 N–H and O–H groups in total. The molecule has 1 amide bonds. The van der Waals surface area contributed by atoms with E-state index in [0.717, 1.165) is 0 Å². The van der Waals surface area contributed by atoms with Crippen molar-refractivity contribution < 1.29 is 18.7 Å². The molecule has 0 radical (unpaired) electrons. The molecule has 1 aliphatic heterocycles. The van der Waals surface area contributed by atoms with Gasteiger partial charge in [0, 0.05) is 18.8 Å². The predicted molar refractivity (Wildman–Crippen MR) is 101 cm³/mol. The van der Waals surface area contributed by atoms with Gasteiger partial charge in [0.05, 0.1) is 17.4 Å². The number of piperidine rings is 1. The van der Waals surface area contributed by atoms with Crippen molar-refractivity contribution in [3.63, 3.8) is 0 Å². The molecule has 1 saturated heterocycles. The molecular formula is C19H23ClFN3O3. The van der Waals surface area contributed by atoms with E-state index < -0.39 is 17.4 Å². The average Bonchev–Trinajstić information content (AvgIpc) is 2.58. The van der Waals surface area contributed by atoms with Crippen molar-refractivity contribution >= 4 is 28.6 Å². The van der Waals surface area contributed by atoms with Gasteiger partial charge in [-0.1, -0.05) is 11.6 Å². The molecule has 1 atom stereocenters. The van der Waals surface area contributed by atoms with Gasteiger partial charge in [-0.2, -0.15) is 0 Å². The fraction of sp³-hybridized carbons (Fsp3) is 0.526. The van der Waals surface area contributed by atoms with Crippen molar-refractivity contribution in [2.75, 3.05) is 19.7 Å². The van der Waals surface area contributed by atoms with E-state index in [9.17, 15) is 4.79 Å². The smallest absolute Gasteiger partial charge is 0.410 e. The lowest BCUT2D eigenvalue weighted by Gasteiger charge is -2.37. The van der Waals surface area contributed by atoms with Crippen LogP contribution in [-0.2, 0) is 4.74 Å². The zero-order valence-corrected chi connectivity index (χ0v) is 16.4. The number of aromatic nitrogens is 2. The molecule has 1 unspecified atom stereocenters. The molecule has 6 nitrogen and oxygen atoms in total. The summed E-state index contributed by atoms with van der Waals surface area (Å²) in [6, 6.07) is 5.17. The van der Waals surface area contributed by atoms with Crippen LogP contribution in [0.3, 0.4) is 0 Å². The van der Waals surface area contributed by atoms with Crippen LogP contribution in [0.4, 0.5) is 9.18 Å². The second kappa shape index (κ2) is 7.46. The topological polar surface area (TPSA) is 64.5 Å². The molecule has 1 fully saturated rings. The van der Waals surface area contributed by atoms with Crippen molar-refractivity contribution in [3.05, 3.63) is 29.5 Å². The lowest BCUT2D eigenvalue weighted by atomic mass is 9.96. The summed E-state index contributed by atoms with van der Waals surface area (Å²) in [6.45, 7) is 5.49. The quantitative estimate of drug-likeness (QED) is 0.720. The largest absolute Gasteiger partial charge is 0.474 e. The summed E-state index contributed by atoms with van der Waals surface area (Å²) in [7, 11) is 0. The predicted octanol–water partition coefficient (Wildman–Crippen LogP) is 4.40. The zero-order valence-electron chi connectivity index (χ0n) is 15.7. The molecule has 0 aliphatic carbocycles. The molecule has 27 heavy (non-hydrogen) atoms. The Hall–Kier alpha value is -2.15. The number of carbonyl (C=O) groups is 1. The molecule has 0 spiro atoms. The summed E-state index contributed by atoms with van der Waals surface area (Å²) in [4.78, 5) is 22.0. The van der Waals surface area contributed by atoms with Gasteiger partial charge in [0.1, 0.15) is 17.4 Å². The Balaban J connectivity index is 1.71. The van der Waals surface area contributed by atoms with Crippen LogP contribution >= 0.6 is 11.6 Å². The number of amides is 1. The summed E-state index contributed by atoms with van der Waals surface area (Å²) in [5.41, 5.74) is -1.69. The van der Waals surface area contributed by atoms with E-state index in [1.165, 1.54) is 4.90 Å². The normalized spacial score (nSPS) is 20.6. The van der Waals surface area contributed by atoms with Gasteiger partial charge in [-0.05, 0) is 45.7 Å². The number of hydrogen-bond donors (Lipinski definition) is 0. The summed E-state index contributed by atoms with van der Waals surface area (Å²) >= 11 is 6.01. The Kier molecular flexibility index (Phi) is 5.42. The monoisotopic (exact) mass is 395 g/mol. The minimum Gasteiger partial charge on any atom is -0.474 e. The number of fused-ring (bicyclic) bond motifs is 1. The minimum atomic E-state index is -1.69. The van der Waals surface area contributed by atoms with Gasteiger partial charge in [0.25, 0.3) is 0 Å². The van der Waals surface area contributed by atoms with Gasteiger partial charge < -0.3 is 14.4 Å². The highest BCUT2D eigenvalue weighted by molar-refractivity contribution is 6.30. The summed E-state index contributed by atoms with van der Waals surface area (Å²) in [5, 5.41) is 0.883. The maximum absolute atomic E-state index is 15.4. The Labute approximate surface area is 162 Å². The molecule has 2 aromatic heterocycles. The third kappa shape index (κ3) is 4.97. The van der Waals surface area contributed by atoms with Crippen molar-refractivity contribution in [3.8, 4) is 5.88 Å². The molecule has 3 heterocycles. The van der Waals surface area contributed by atoms with Gasteiger partial charge >= 0.3 is 6.09 Å². The van der Waals surface area contributed by atoms with E-state index in [4.69, 9.17) is 21.1 Å². The molecule has 0 aromatic carbocycles. The summed E-state index contributed by atoms with van der Waals surface area (Å²) in [5.74, 6) is 0.233. The maximum atomic E-state index is 15.4. The second-order valence-corrected chi connectivity index (χ2v) is 8.15. The first-order chi connectivity index (χ1) is 12.7. The minimum absolute atomic E-state index is 0.0847. The number of hydrogen-bond acceptors (Lipinski definition) is 5. The van der Waals surface area contributed by atoms with Crippen molar-refractivity contribution in [2.24, 2.45) is 0 Å². The van der Waals surface area contributed by atoms with E-state index in [1.54, 1.807) is 45.2 Å². The molecule has 8 heteroatoms. The fourth-order valence-corrected chi connectivity index (χ4v) is 3.19. The van der Waals surface area contributed by atoms with Crippen LogP contribution in [0.1, 0.15) is 33.6 Å². The van der Waals surface area contributed by atoms with Gasteiger partial charge in [-0.25, -0.2) is 14.2 Å².